The summed E-state index contributed by atoms with van der Waals surface area (Å²) >= 11 is 0. The van der Waals surface area contributed by atoms with Crippen LogP contribution in [0.1, 0.15) is 38.8 Å². The summed E-state index contributed by atoms with van der Waals surface area (Å²) in [6, 6.07) is 6.32. The first-order valence-electron chi connectivity index (χ1n) is 7.11. The molecule has 0 unspecified atom stereocenters. The maximum absolute atomic E-state index is 5.45. The number of hydrogen-bond donors (Lipinski definition) is 1. The molecular formula is C17H24N2O. The van der Waals surface area contributed by atoms with Gasteiger partial charge in [-0.3, -0.25) is 0 Å². The van der Waals surface area contributed by atoms with Crippen molar-refractivity contribution in [3.8, 4) is 5.75 Å². The maximum Gasteiger partial charge on any atom is 0.145 e. The van der Waals surface area contributed by atoms with Crippen molar-refractivity contribution in [1.82, 2.24) is 4.98 Å². The summed E-state index contributed by atoms with van der Waals surface area (Å²) in [6.07, 6.45) is 0. The van der Waals surface area contributed by atoms with Crippen LogP contribution in [0, 0.1) is 6.92 Å². The van der Waals surface area contributed by atoms with E-state index in [9.17, 15) is 0 Å². The molecule has 3 nitrogen and oxygen atoms in total. The third-order valence-corrected chi connectivity index (χ3v) is 3.54. The molecule has 0 saturated heterocycles. The third kappa shape index (κ3) is 2.58. The molecule has 1 heterocycles. The highest BCUT2D eigenvalue weighted by molar-refractivity contribution is 5.90. The summed E-state index contributed by atoms with van der Waals surface area (Å²) in [5, 5.41) is 4.54. The third-order valence-electron chi connectivity index (χ3n) is 3.54. The van der Waals surface area contributed by atoms with Crippen LogP contribution in [-0.2, 0) is 5.41 Å². The summed E-state index contributed by atoms with van der Waals surface area (Å²) in [5.41, 5.74) is 3.44. The van der Waals surface area contributed by atoms with Crippen molar-refractivity contribution in [2.75, 3.05) is 19.0 Å². The average Bonchev–Trinajstić information content (AvgIpc) is 2.38. The average molecular weight is 272 g/mol. The number of fused-ring (bicyclic) bond motifs is 1. The first-order valence-corrected chi connectivity index (χ1v) is 7.11. The van der Waals surface area contributed by atoms with E-state index < -0.39 is 0 Å². The lowest BCUT2D eigenvalue weighted by molar-refractivity contribution is 0.419. The van der Waals surface area contributed by atoms with Gasteiger partial charge in [-0.15, -0.1) is 0 Å². The predicted molar refractivity (Wildman–Crippen MR) is 85.9 cm³/mol. The molecule has 0 saturated carbocycles. The number of aryl methyl sites for hydroxylation is 1. The number of ether oxygens (including phenoxy) is 1. The lowest BCUT2D eigenvalue weighted by atomic mass is 9.86. The Morgan fingerprint density at radius 2 is 1.95 bits per heavy atom. The molecule has 0 amide bonds. The maximum atomic E-state index is 5.45. The summed E-state index contributed by atoms with van der Waals surface area (Å²) in [5.74, 6) is 1.78. The number of nitrogens with zero attached hydrogens (tertiary/aromatic N) is 1. The molecule has 1 aromatic heterocycles. The smallest absolute Gasteiger partial charge is 0.145 e. The summed E-state index contributed by atoms with van der Waals surface area (Å²) < 4.78 is 5.45. The molecule has 0 atom stereocenters. The summed E-state index contributed by atoms with van der Waals surface area (Å²) in [7, 11) is 1.69. The van der Waals surface area contributed by atoms with Gasteiger partial charge in [0.15, 0.2) is 0 Å². The van der Waals surface area contributed by atoms with E-state index in [1.807, 2.05) is 6.07 Å². The van der Waals surface area contributed by atoms with Gasteiger partial charge in [-0.25, -0.2) is 4.98 Å². The lowest BCUT2D eigenvalue weighted by Gasteiger charge is -2.24. The van der Waals surface area contributed by atoms with Gasteiger partial charge in [0, 0.05) is 17.5 Å². The topological polar surface area (TPSA) is 34.2 Å². The Morgan fingerprint density at radius 1 is 1.25 bits per heavy atom. The van der Waals surface area contributed by atoms with Crippen LogP contribution in [0.4, 0.5) is 5.82 Å². The lowest BCUT2D eigenvalue weighted by Crippen LogP contribution is -2.16. The van der Waals surface area contributed by atoms with Crippen LogP contribution in [0.3, 0.4) is 0 Å². The normalized spacial score (nSPS) is 11.7. The summed E-state index contributed by atoms with van der Waals surface area (Å²) in [4.78, 5) is 4.83. The number of rotatable bonds is 3. The van der Waals surface area contributed by atoms with Crippen LogP contribution in [0.5, 0.6) is 5.75 Å². The zero-order valence-corrected chi connectivity index (χ0v) is 13.3. The second-order valence-corrected chi connectivity index (χ2v) is 6.15. The molecule has 108 valence electrons. The largest absolute Gasteiger partial charge is 0.494 e. The van der Waals surface area contributed by atoms with Crippen molar-refractivity contribution in [2.24, 2.45) is 0 Å². The Morgan fingerprint density at radius 3 is 2.50 bits per heavy atom. The van der Waals surface area contributed by atoms with Crippen LogP contribution in [0.25, 0.3) is 10.9 Å². The standard InChI is InChI=1S/C17H24N2O/c1-7-18-16-13(17(3,4)5)10-12-11(2)8-9-14(20-6)15(12)19-16/h8-10H,7H2,1-6H3,(H,18,19). The zero-order chi connectivity index (χ0) is 14.9. The van der Waals surface area contributed by atoms with Crippen molar-refractivity contribution in [3.63, 3.8) is 0 Å². The Bertz CT molecular complexity index is 627. The fourth-order valence-corrected chi connectivity index (χ4v) is 2.41. The second kappa shape index (κ2) is 5.31. The van der Waals surface area contributed by atoms with E-state index in [0.717, 1.165) is 29.0 Å². The van der Waals surface area contributed by atoms with Crippen LogP contribution in [-0.4, -0.2) is 18.6 Å². The molecular weight excluding hydrogens is 248 g/mol. The molecule has 2 aromatic rings. The Kier molecular flexibility index (Phi) is 3.89. The van der Waals surface area contributed by atoms with Gasteiger partial charge >= 0.3 is 0 Å². The van der Waals surface area contributed by atoms with Gasteiger partial charge in [0.2, 0.25) is 0 Å². The van der Waals surface area contributed by atoms with Gasteiger partial charge in [0.25, 0.3) is 0 Å². The number of aromatic nitrogens is 1. The van der Waals surface area contributed by atoms with Gasteiger partial charge in [-0.1, -0.05) is 26.8 Å². The Balaban J connectivity index is 2.81. The minimum absolute atomic E-state index is 0.0498. The van der Waals surface area contributed by atoms with E-state index in [0.29, 0.717) is 0 Å². The molecule has 20 heavy (non-hydrogen) atoms. The minimum Gasteiger partial charge on any atom is -0.494 e. The van der Waals surface area contributed by atoms with Crippen molar-refractivity contribution < 1.29 is 4.74 Å². The van der Waals surface area contributed by atoms with Gasteiger partial charge in [-0.05, 0) is 37.0 Å². The second-order valence-electron chi connectivity index (χ2n) is 6.15. The molecule has 3 heteroatoms. The van der Waals surface area contributed by atoms with Gasteiger partial charge in [0.05, 0.1) is 7.11 Å². The number of benzene rings is 1. The molecule has 0 spiro atoms. The van der Waals surface area contributed by atoms with E-state index >= 15 is 0 Å². The van der Waals surface area contributed by atoms with Crippen LogP contribution in [0.15, 0.2) is 18.2 Å². The van der Waals surface area contributed by atoms with E-state index in [1.54, 1.807) is 7.11 Å². The zero-order valence-electron chi connectivity index (χ0n) is 13.3. The molecule has 1 N–H and O–H groups in total. The van der Waals surface area contributed by atoms with Crippen molar-refractivity contribution in [3.05, 3.63) is 29.3 Å². The number of anilines is 1. The monoisotopic (exact) mass is 272 g/mol. The highest BCUT2D eigenvalue weighted by Gasteiger charge is 2.21. The quantitative estimate of drug-likeness (QED) is 0.905. The highest BCUT2D eigenvalue weighted by Crippen LogP contribution is 2.35. The molecule has 1 aromatic carbocycles. The van der Waals surface area contributed by atoms with E-state index in [1.165, 1.54) is 11.1 Å². The van der Waals surface area contributed by atoms with Crippen LogP contribution in [0.2, 0.25) is 0 Å². The number of nitrogens with one attached hydrogen (secondary N) is 1. The summed E-state index contributed by atoms with van der Waals surface area (Å²) in [6.45, 7) is 11.7. The molecule has 0 bridgehead atoms. The molecule has 0 fully saturated rings. The molecule has 0 radical (unpaired) electrons. The highest BCUT2D eigenvalue weighted by atomic mass is 16.5. The number of methoxy groups -OCH3 is 1. The van der Waals surface area contributed by atoms with Crippen LogP contribution >= 0.6 is 0 Å². The Hall–Kier alpha value is -1.77. The molecule has 2 rings (SSSR count). The molecule has 0 aliphatic carbocycles. The number of pyridine rings is 1. The van der Waals surface area contributed by atoms with Gasteiger partial charge in [0.1, 0.15) is 17.1 Å². The van der Waals surface area contributed by atoms with Crippen LogP contribution < -0.4 is 10.1 Å². The fourth-order valence-electron chi connectivity index (χ4n) is 2.41. The van der Waals surface area contributed by atoms with E-state index in [-0.39, 0.29) is 5.41 Å². The fraction of sp³-hybridized carbons (Fsp3) is 0.471. The SMILES string of the molecule is CCNc1nc2c(OC)ccc(C)c2cc1C(C)(C)C. The Labute approximate surface area is 121 Å². The minimum atomic E-state index is 0.0498. The first kappa shape index (κ1) is 14.6. The van der Waals surface area contributed by atoms with Gasteiger partial charge < -0.3 is 10.1 Å². The molecule has 0 aliphatic rings. The van der Waals surface area contributed by atoms with Gasteiger partial charge in [-0.2, -0.15) is 0 Å². The van der Waals surface area contributed by atoms with E-state index in [4.69, 9.17) is 9.72 Å². The predicted octanol–water partition coefficient (Wildman–Crippen LogP) is 4.28. The molecule has 0 aliphatic heterocycles. The van der Waals surface area contributed by atoms with Crippen molar-refractivity contribution in [2.45, 2.75) is 40.0 Å². The first-order chi connectivity index (χ1) is 9.38. The van der Waals surface area contributed by atoms with Crippen molar-refractivity contribution in [1.29, 1.82) is 0 Å². The number of hydrogen-bond acceptors (Lipinski definition) is 3. The van der Waals surface area contributed by atoms with Crippen molar-refractivity contribution >= 4 is 16.7 Å². The van der Waals surface area contributed by atoms with E-state index in [2.05, 4.69) is 52.1 Å².